The number of fused-ring (bicyclic) bond motifs is 1. The number of hydrogen-bond donors (Lipinski definition) is 1. The lowest BCUT2D eigenvalue weighted by molar-refractivity contribution is 0.0697. The largest absolute Gasteiger partial charge is 0.477 e. The molecule has 0 atom stereocenters. The number of carboxylic acids is 1. The van der Waals surface area contributed by atoms with Gasteiger partial charge in [-0.2, -0.15) is 5.10 Å². The van der Waals surface area contributed by atoms with E-state index in [0.29, 0.717) is 11.3 Å². The number of aromatic carboxylic acids is 1. The Morgan fingerprint density at radius 3 is 2.36 bits per heavy atom. The predicted molar refractivity (Wildman–Crippen MR) is 136 cm³/mol. The van der Waals surface area contributed by atoms with E-state index in [2.05, 4.69) is 15.2 Å². The summed E-state index contributed by atoms with van der Waals surface area (Å²) in [6, 6.07) is 18.0. The maximum absolute atomic E-state index is 13.4. The highest BCUT2D eigenvalue weighted by atomic mass is 16.4. The van der Waals surface area contributed by atoms with Gasteiger partial charge in [0.15, 0.2) is 11.5 Å². The number of anilines is 1. The van der Waals surface area contributed by atoms with Crippen LogP contribution in [-0.4, -0.2) is 47.4 Å². The minimum atomic E-state index is -1.16. The van der Waals surface area contributed by atoms with Crippen LogP contribution >= 0.6 is 0 Å². The van der Waals surface area contributed by atoms with Crippen LogP contribution in [0.2, 0.25) is 0 Å². The Bertz CT molecular complexity index is 1530. The van der Waals surface area contributed by atoms with Gasteiger partial charge in [-0.05, 0) is 51.1 Å². The van der Waals surface area contributed by atoms with Crippen molar-refractivity contribution < 1.29 is 14.7 Å². The second-order valence-corrected chi connectivity index (χ2v) is 8.75. The highest BCUT2D eigenvalue weighted by Crippen LogP contribution is 2.26. The molecule has 0 saturated carbocycles. The van der Waals surface area contributed by atoms with Crippen LogP contribution in [0.1, 0.15) is 40.1 Å². The molecule has 5 rings (SSSR count). The Labute approximate surface area is 207 Å². The van der Waals surface area contributed by atoms with Gasteiger partial charge in [0.25, 0.3) is 5.91 Å². The van der Waals surface area contributed by atoms with Gasteiger partial charge < -0.3 is 5.11 Å². The van der Waals surface area contributed by atoms with Crippen molar-refractivity contribution in [2.75, 3.05) is 4.90 Å². The molecule has 0 unspecified atom stereocenters. The van der Waals surface area contributed by atoms with E-state index in [1.807, 2.05) is 75.5 Å². The van der Waals surface area contributed by atoms with Crippen LogP contribution < -0.4 is 4.90 Å². The molecule has 36 heavy (non-hydrogen) atoms. The Balaban J connectivity index is 1.51. The van der Waals surface area contributed by atoms with Crippen molar-refractivity contribution in [3.63, 3.8) is 0 Å². The van der Waals surface area contributed by atoms with Gasteiger partial charge in [0.2, 0.25) is 0 Å². The van der Waals surface area contributed by atoms with Gasteiger partial charge in [-0.25, -0.2) is 19.0 Å². The molecule has 9 heteroatoms. The number of hydrogen-bond acceptors (Lipinski definition) is 5. The summed E-state index contributed by atoms with van der Waals surface area (Å²) < 4.78 is 3.18. The van der Waals surface area contributed by atoms with Crippen molar-refractivity contribution in [2.45, 2.75) is 26.8 Å². The summed E-state index contributed by atoms with van der Waals surface area (Å²) >= 11 is 0. The number of amides is 1. The lowest BCUT2D eigenvalue weighted by Crippen LogP contribution is -2.38. The summed E-state index contributed by atoms with van der Waals surface area (Å²) in [6.07, 6.45) is 4.97. The Morgan fingerprint density at radius 1 is 1.00 bits per heavy atom. The van der Waals surface area contributed by atoms with Crippen molar-refractivity contribution in [1.82, 2.24) is 24.4 Å². The van der Waals surface area contributed by atoms with Crippen LogP contribution in [0.4, 0.5) is 5.82 Å². The van der Waals surface area contributed by atoms with Crippen LogP contribution in [0.25, 0.3) is 22.6 Å². The predicted octanol–water partition coefficient (Wildman–Crippen LogP) is 4.64. The smallest absolute Gasteiger partial charge is 0.341 e. The second-order valence-electron chi connectivity index (χ2n) is 8.75. The highest BCUT2D eigenvalue weighted by Gasteiger charge is 2.29. The molecular formula is C27H24N6O3. The van der Waals surface area contributed by atoms with Crippen molar-refractivity contribution >= 4 is 23.3 Å². The maximum atomic E-state index is 13.4. The van der Waals surface area contributed by atoms with E-state index in [1.165, 1.54) is 15.8 Å². The van der Waals surface area contributed by atoms with Crippen molar-refractivity contribution in [3.8, 4) is 16.9 Å². The van der Waals surface area contributed by atoms with Crippen LogP contribution in [-0.2, 0) is 0 Å². The first-order valence-electron chi connectivity index (χ1n) is 11.5. The fourth-order valence-corrected chi connectivity index (χ4v) is 3.99. The van der Waals surface area contributed by atoms with E-state index in [-0.39, 0.29) is 23.3 Å². The van der Waals surface area contributed by atoms with Gasteiger partial charge in [0.05, 0.1) is 11.4 Å². The summed E-state index contributed by atoms with van der Waals surface area (Å²) in [5.74, 6) is -1.38. The molecule has 1 amide bonds. The molecule has 5 aromatic rings. The summed E-state index contributed by atoms with van der Waals surface area (Å²) in [4.78, 5) is 31.2. The number of carbonyl (C=O) groups is 2. The molecule has 180 valence electrons. The number of aromatic nitrogens is 5. The van der Waals surface area contributed by atoms with Gasteiger partial charge >= 0.3 is 5.97 Å². The minimum Gasteiger partial charge on any atom is -0.477 e. The molecule has 3 heterocycles. The van der Waals surface area contributed by atoms with E-state index in [0.717, 1.165) is 22.5 Å². The van der Waals surface area contributed by atoms with E-state index in [4.69, 9.17) is 0 Å². The Kier molecular flexibility index (Phi) is 5.81. The molecule has 0 aliphatic carbocycles. The van der Waals surface area contributed by atoms with Gasteiger partial charge in [-0.15, -0.1) is 5.10 Å². The summed E-state index contributed by atoms with van der Waals surface area (Å²) in [5.41, 5.74) is 4.48. The quantitative estimate of drug-likeness (QED) is 0.379. The van der Waals surface area contributed by atoms with Gasteiger partial charge in [-0.3, -0.25) is 9.69 Å². The molecule has 0 fully saturated rings. The van der Waals surface area contributed by atoms with Crippen molar-refractivity contribution in [2.24, 2.45) is 0 Å². The molecule has 0 spiro atoms. The first-order valence-corrected chi connectivity index (χ1v) is 11.5. The Morgan fingerprint density at radius 2 is 1.72 bits per heavy atom. The van der Waals surface area contributed by atoms with Crippen LogP contribution in [0.5, 0.6) is 0 Å². The van der Waals surface area contributed by atoms with Crippen LogP contribution in [0.15, 0.2) is 79.3 Å². The van der Waals surface area contributed by atoms with E-state index >= 15 is 0 Å². The topological polar surface area (TPSA) is 106 Å². The lowest BCUT2D eigenvalue weighted by atomic mass is 10.1. The summed E-state index contributed by atoms with van der Waals surface area (Å²) in [5, 5.41) is 19.0. The molecule has 2 aromatic carbocycles. The van der Waals surface area contributed by atoms with E-state index < -0.39 is 5.97 Å². The third-order valence-corrected chi connectivity index (χ3v) is 5.85. The maximum Gasteiger partial charge on any atom is 0.341 e. The van der Waals surface area contributed by atoms with E-state index in [9.17, 15) is 14.7 Å². The summed E-state index contributed by atoms with van der Waals surface area (Å²) in [6.45, 7) is 5.60. The standard InChI is InChI=1S/C27H24N6O3/c1-17(2)33(26(34)20-7-5-18(3)6-8-20)25-22(27(35)36)16-32(30-25)21-11-9-19(10-12-21)23-15-24-28-13-4-14-31(24)29-23/h4-17H,1-3H3,(H,35,36). The fourth-order valence-electron chi connectivity index (χ4n) is 3.99. The monoisotopic (exact) mass is 480 g/mol. The number of carbonyl (C=O) groups excluding carboxylic acids is 1. The molecule has 0 bridgehead atoms. The molecule has 0 aliphatic heterocycles. The number of carboxylic acid groups (broad SMARTS) is 1. The number of aryl methyl sites for hydroxylation is 1. The lowest BCUT2D eigenvalue weighted by Gasteiger charge is -2.25. The zero-order valence-corrected chi connectivity index (χ0v) is 20.0. The molecule has 9 nitrogen and oxygen atoms in total. The number of nitrogens with zero attached hydrogens (tertiary/aromatic N) is 6. The number of benzene rings is 2. The normalized spacial score (nSPS) is 11.2. The number of rotatable bonds is 6. The zero-order chi connectivity index (χ0) is 25.4. The van der Waals surface area contributed by atoms with Gasteiger partial charge in [-0.1, -0.05) is 29.8 Å². The Hall–Kier alpha value is -4.79. The van der Waals surface area contributed by atoms with Crippen LogP contribution in [0, 0.1) is 6.92 Å². The third kappa shape index (κ3) is 4.22. The minimum absolute atomic E-state index is 0.0559. The second kappa shape index (κ2) is 9.10. The average Bonchev–Trinajstić information content (AvgIpc) is 3.49. The molecule has 0 aliphatic rings. The fraction of sp³-hybridized carbons (Fsp3) is 0.148. The first kappa shape index (κ1) is 23.0. The van der Waals surface area contributed by atoms with E-state index in [1.54, 1.807) is 22.8 Å². The van der Waals surface area contributed by atoms with Crippen LogP contribution in [0.3, 0.4) is 0 Å². The van der Waals surface area contributed by atoms with Gasteiger partial charge in [0.1, 0.15) is 5.56 Å². The molecule has 0 saturated heterocycles. The molecule has 1 N–H and O–H groups in total. The average molecular weight is 481 g/mol. The van der Waals surface area contributed by atoms with Crippen molar-refractivity contribution in [1.29, 1.82) is 0 Å². The van der Waals surface area contributed by atoms with Gasteiger partial charge in [0, 0.05) is 41.8 Å². The highest BCUT2D eigenvalue weighted by molar-refractivity contribution is 6.08. The molecule has 0 radical (unpaired) electrons. The van der Waals surface area contributed by atoms with Crippen molar-refractivity contribution in [3.05, 3.63) is 95.9 Å². The zero-order valence-electron chi connectivity index (χ0n) is 20.0. The first-order chi connectivity index (χ1) is 17.3. The molecule has 3 aromatic heterocycles. The SMILES string of the molecule is Cc1ccc(C(=O)N(c2nn(-c3ccc(-c4cc5ncccn5n4)cc3)cc2C(=O)O)C(C)C)cc1. The molecular weight excluding hydrogens is 456 g/mol. The summed E-state index contributed by atoms with van der Waals surface area (Å²) in [7, 11) is 0. The third-order valence-electron chi connectivity index (χ3n) is 5.85.